The fraction of sp³-hybridized carbons (Fsp3) is 0.214. The Kier molecular flexibility index (Phi) is 11.8. The molecule has 0 aliphatic rings. The Morgan fingerprint density at radius 3 is 1.89 bits per heavy atom. The van der Waals surface area contributed by atoms with Crippen molar-refractivity contribution >= 4 is 21.8 Å². The summed E-state index contributed by atoms with van der Waals surface area (Å²) >= 11 is 0. The maximum absolute atomic E-state index is 16.1. The predicted octanol–water partition coefficient (Wildman–Crippen LogP) is 14.7. The van der Waals surface area contributed by atoms with Gasteiger partial charge in [0.15, 0.2) is 0 Å². The Hall–Kier alpha value is -6.33. The van der Waals surface area contributed by atoms with Crippen LogP contribution in [0, 0.1) is 17.9 Å². The van der Waals surface area contributed by atoms with E-state index in [1.165, 1.54) is 23.3 Å². The van der Waals surface area contributed by atoms with Gasteiger partial charge in [0.1, 0.15) is 22.9 Å². The van der Waals surface area contributed by atoms with Crippen molar-refractivity contribution in [1.29, 1.82) is 0 Å². The van der Waals surface area contributed by atoms with Crippen LogP contribution >= 0.6 is 0 Å². The number of hydrogen-bond donors (Lipinski definition) is 0. The van der Waals surface area contributed by atoms with Crippen LogP contribution in [0.3, 0.4) is 0 Å². The van der Waals surface area contributed by atoms with Crippen molar-refractivity contribution in [3.8, 4) is 62.4 Å². The maximum atomic E-state index is 16.1. The monoisotopic (exact) mass is 936 g/mol. The summed E-state index contributed by atoms with van der Waals surface area (Å²) < 4.78 is 32.7. The van der Waals surface area contributed by atoms with E-state index in [0.29, 0.717) is 23.0 Å². The minimum atomic E-state index is -0.490. The smallest absolute Gasteiger partial charge is 0.509 e. The van der Waals surface area contributed by atoms with Gasteiger partial charge in [0, 0.05) is 51.8 Å². The van der Waals surface area contributed by atoms with Crippen molar-refractivity contribution in [2.24, 2.45) is 0 Å². The number of hydrogen-bond acceptors (Lipinski definition) is 4. The minimum Gasteiger partial charge on any atom is -0.509 e. The van der Waals surface area contributed by atoms with E-state index in [0.717, 1.165) is 55.4 Å². The third-order valence-corrected chi connectivity index (χ3v) is 11.1. The molecule has 0 saturated heterocycles. The molecule has 6 nitrogen and oxygen atoms in total. The Balaban J connectivity index is 0.00000560. The number of rotatable bonds is 8. The largest absolute Gasteiger partial charge is 2.00 e. The SMILES string of the molecule is CC(C)(C)Oc1ccnc(-n2c3[c-]c(Oc4[c-]c(-n5nc(-c6ccccc6)c(-c6cc(C(C)(C)C)cc(C(C)(C)C)c6)c5-c5ccccc5)cc(F)c4)ccc3c3ccccc32)c1.[Pd+2]. The van der Waals surface area contributed by atoms with Crippen molar-refractivity contribution in [3.05, 3.63) is 175 Å². The van der Waals surface area contributed by atoms with Crippen molar-refractivity contribution in [2.75, 3.05) is 0 Å². The van der Waals surface area contributed by atoms with E-state index in [9.17, 15) is 0 Å². The zero-order chi connectivity index (χ0) is 44.3. The average Bonchev–Trinajstić information content (AvgIpc) is 3.80. The van der Waals surface area contributed by atoms with Gasteiger partial charge in [0.05, 0.1) is 5.69 Å². The molecule has 0 radical (unpaired) electrons. The van der Waals surface area contributed by atoms with Gasteiger partial charge in [0.25, 0.3) is 0 Å². The van der Waals surface area contributed by atoms with E-state index in [1.807, 2.05) is 98.2 Å². The van der Waals surface area contributed by atoms with Crippen LogP contribution in [0.2, 0.25) is 0 Å². The van der Waals surface area contributed by atoms with Crippen molar-refractivity contribution in [1.82, 2.24) is 19.3 Å². The van der Waals surface area contributed by atoms with E-state index >= 15 is 4.39 Å². The van der Waals surface area contributed by atoms with Crippen LogP contribution in [0.15, 0.2) is 146 Å². The van der Waals surface area contributed by atoms with Crippen LogP contribution < -0.4 is 9.47 Å². The molecule has 0 amide bonds. The first-order valence-corrected chi connectivity index (χ1v) is 21.4. The number of ether oxygens (including phenoxy) is 2. The van der Waals surface area contributed by atoms with Gasteiger partial charge in [-0.1, -0.05) is 150 Å². The van der Waals surface area contributed by atoms with Crippen LogP contribution in [-0.4, -0.2) is 24.9 Å². The molecule has 0 aliphatic heterocycles. The van der Waals surface area contributed by atoms with Gasteiger partial charge >= 0.3 is 20.4 Å². The molecular weight excluding hydrogens is 886 g/mol. The Morgan fingerprint density at radius 1 is 0.594 bits per heavy atom. The summed E-state index contributed by atoms with van der Waals surface area (Å²) in [6, 6.07) is 52.8. The van der Waals surface area contributed by atoms with Crippen LogP contribution in [0.1, 0.15) is 73.4 Å². The van der Waals surface area contributed by atoms with Crippen molar-refractivity contribution in [2.45, 2.75) is 78.7 Å². The molecule has 0 N–H and O–H groups in total. The van der Waals surface area contributed by atoms with Crippen LogP contribution in [0.4, 0.5) is 4.39 Å². The number of pyridine rings is 1. The molecule has 9 aromatic rings. The fourth-order valence-electron chi connectivity index (χ4n) is 8.06. The summed E-state index contributed by atoms with van der Waals surface area (Å²) in [5.41, 5.74) is 9.37. The molecule has 6 aromatic carbocycles. The zero-order valence-corrected chi connectivity index (χ0v) is 39.2. The minimum absolute atomic E-state index is 0. The Bertz CT molecular complexity index is 3100. The van der Waals surface area contributed by atoms with Gasteiger partial charge < -0.3 is 14.0 Å². The van der Waals surface area contributed by atoms with Gasteiger partial charge in [-0.3, -0.25) is 4.68 Å². The van der Waals surface area contributed by atoms with Crippen LogP contribution in [0.5, 0.6) is 17.2 Å². The molecule has 64 heavy (non-hydrogen) atoms. The molecule has 0 saturated carbocycles. The fourth-order valence-corrected chi connectivity index (χ4v) is 8.06. The first-order chi connectivity index (χ1) is 30.0. The first-order valence-electron chi connectivity index (χ1n) is 21.4. The van der Waals surface area contributed by atoms with Gasteiger partial charge in [-0.05, 0) is 71.5 Å². The molecule has 8 heteroatoms. The quantitative estimate of drug-likeness (QED) is 0.113. The summed E-state index contributed by atoms with van der Waals surface area (Å²) in [4.78, 5) is 4.76. The number of benzene rings is 6. The molecule has 0 unspecified atom stereocenters. The van der Waals surface area contributed by atoms with Gasteiger partial charge in [-0.15, -0.1) is 29.7 Å². The summed E-state index contributed by atoms with van der Waals surface area (Å²) in [5, 5.41) is 7.36. The molecule has 0 aliphatic carbocycles. The number of aromatic nitrogens is 4. The summed E-state index contributed by atoms with van der Waals surface area (Å²) in [5.74, 6) is 1.47. The second kappa shape index (κ2) is 17.0. The van der Waals surface area contributed by atoms with Gasteiger partial charge in [0.2, 0.25) is 0 Å². The van der Waals surface area contributed by atoms with E-state index in [-0.39, 0.29) is 42.6 Å². The second-order valence-electron chi connectivity index (χ2n) is 19.2. The third kappa shape index (κ3) is 8.91. The molecule has 0 bridgehead atoms. The topological polar surface area (TPSA) is 54.1 Å². The van der Waals surface area contributed by atoms with Crippen LogP contribution in [-0.2, 0) is 31.3 Å². The van der Waals surface area contributed by atoms with E-state index in [4.69, 9.17) is 19.6 Å². The summed E-state index contributed by atoms with van der Waals surface area (Å²) in [6.45, 7) is 19.5. The Labute approximate surface area is 389 Å². The third-order valence-electron chi connectivity index (χ3n) is 11.1. The molecular formula is C56H51FN4O2Pd. The van der Waals surface area contributed by atoms with Gasteiger partial charge in [-0.25, -0.2) is 9.37 Å². The standard InChI is InChI=1S/C56H51FN4O2.Pd/c1-54(2,3)39-28-38(29-40(30-39)55(4,5)6)51-52(36-18-12-10-13-19-36)59-61(53(51)37-20-14-11-15-21-37)42-31-41(57)32-45(33-42)62-43-24-25-47-46-22-16-17-23-48(46)60(49(47)34-43)50-35-44(26-27-58-50)63-56(7,8)9;/h10-32,35H,1-9H3;/q-2;+2. The molecule has 0 spiro atoms. The molecule has 9 rings (SSSR count). The normalized spacial score (nSPS) is 12.1. The number of halogens is 1. The molecule has 3 aromatic heterocycles. The Morgan fingerprint density at radius 2 is 1.23 bits per heavy atom. The van der Waals surface area contributed by atoms with Crippen molar-refractivity contribution in [3.63, 3.8) is 0 Å². The van der Waals surface area contributed by atoms with E-state index in [1.54, 1.807) is 6.20 Å². The summed E-state index contributed by atoms with van der Waals surface area (Å²) in [6.07, 6.45) is 1.75. The molecule has 3 heterocycles. The number of fused-ring (bicyclic) bond motifs is 3. The van der Waals surface area contributed by atoms with E-state index < -0.39 is 5.82 Å². The predicted molar refractivity (Wildman–Crippen MR) is 254 cm³/mol. The number of para-hydroxylation sites is 1. The maximum Gasteiger partial charge on any atom is 2.00 e. The number of nitrogens with zero attached hydrogens (tertiary/aromatic N) is 4. The first kappa shape index (κ1) is 44.3. The molecule has 0 atom stereocenters. The van der Waals surface area contributed by atoms with Crippen LogP contribution in [0.25, 0.3) is 67.0 Å². The molecule has 324 valence electrons. The zero-order valence-electron chi connectivity index (χ0n) is 37.7. The molecule has 0 fully saturated rings. The average molecular weight is 937 g/mol. The van der Waals surface area contributed by atoms with Crippen molar-refractivity contribution < 1.29 is 34.3 Å². The van der Waals surface area contributed by atoms with Gasteiger partial charge in [-0.2, -0.15) is 11.2 Å². The van der Waals surface area contributed by atoms with E-state index in [2.05, 4.69) is 113 Å². The second-order valence-corrected chi connectivity index (χ2v) is 19.2. The summed E-state index contributed by atoms with van der Waals surface area (Å²) in [7, 11) is 0.